The van der Waals surface area contributed by atoms with E-state index in [9.17, 15) is 0 Å². The highest BCUT2D eigenvalue weighted by Gasteiger charge is 2.19. The maximum Gasteiger partial charge on any atom is 0.180 e. The normalized spacial score (nSPS) is 10.8. The quantitative estimate of drug-likeness (QED) is 0.915. The fourth-order valence-electron chi connectivity index (χ4n) is 2.13. The van der Waals surface area contributed by atoms with Gasteiger partial charge in [0.25, 0.3) is 0 Å². The Bertz CT molecular complexity index is 622. The van der Waals surface area contributed by atoms with E-state index >= 15 is 0 Å². The molecule has 5 heteroatoms. The summed E-state index contributed by atoms with van der Waals surface area (Å²) >= 11 is 7.83. The molecule has 0 radical (unpaired) electrons. The Morgan fingerprint density at radius 1 is 1.37 bits per heavy atom. The molecule has 0 fully saturated rings. The van der Waals surface area contributed by atoms with E-state index in [1.165, 1.54) is 11.3 Å². The molecule has 0 aliphatic rings. The van der Waals surface area contributed by atoms with Crippen molar-refractivity contribution in [3.05, 3.63) is 27.1 Å². The molecular formula is C14H17ClN2OS. The van der Waals surface area contributed by atoms with Crippen molar-refractivity contribution in [3.63, 3.8) is 0 Å². The zero-order valence-electron chi connectivity index (χ0n) is 11.5. The molecule has 0 bridgehead atoms. The molecule has 19 heavy (non-hydrogen) atoms. The standard InChI is InChI=1S/C14H17ClN2OS/c1-5-18-10-6-7(2)12(15)8(3)11(10)13-9(4)19-14(16)17-13/h6H,5H2,1-4H3,(H2,16,17). The first-order valence-electron chi connectivity index (χ1n) is 6.11. The number of nitrogens with zero attached hydrogens (tertiary/aromatic N) is 1. The highest BCUT2D eigenvalue weighted by atomic mass is 35.5. The molecule has 1 aromatic heterocycles. The zero-order valence-corrected chi connectivity index (χ0v) is 13.1. The van der Waals surface area contributed by atoms with Crippen molar-refractivity contribution >= 4 is 28.1 Å². The van der Waals surface area contributed by atoms with Gasteiger partial charge in [0.2, 0.25) is 0 Å². The molecule has 2 aromatic rings. The number of aromatic nitrogens is 1. The Morgan fingerprint density at radius 2 is 2.05 bits per heavy atom. The molecule has 2 N–H and O–H groups in total. The summed E-state index contributed by atoms with van der Waals surface area (Å²) in [6, 6.07) is 1.96. The van der Waals surface area contributed by atoms with Gasteiger partial charge >= 0.3 is 0 Å². The van der Waals surface area contributed by atoms with E-state index < -0.39 is 0 Å². The van der Waals surface area contributed by atoms with Gasteiger partial charge in [-0.2, -0.15) is 0 Å². The number of hydrogen-bond donors (Lipinski definition) is 1. The summed E-state index contributed by atoms with van der Waals surface area (Å²) in [7, 11) is 0. The van der Waals surface area contributed by atoms with Crippen molar-refractivity contribution < 1.29 is 4.74 Å². The number of nitrogens with two attached hydrogens (primary N) is 1. The number of benzene rings is 1. The second-order valence-corrected chi connectivity index (χ2v) is 6.01. The second-order valence-electron chi connectivity index (χ2n) is 4.40. The van der Waals surface area contributed by atoms with Crippen LogP contribution in [0.25, 0.3) is 11.3 Å². The van der Waals surface area contributed by atoms with Crippen LogP contribution in [0.4, 0.5) is 5.13 Å². The average molecular weight is 297 g/mol. The number of aryl methyl sites for hydroxylation is 2. The first-order chi connectivity index (χ1) is 8.95. The van der Waals surface area contributed by atoms with Crippen molar-refractivity contribution in [1.29, 1.82) is 0 Å². The van der Waals surface area contributed by atoms with E-state index in [2.05, 4.69) is 4.98 Å². The topological polar surface area (TPSA) is 48.1 Å². The summed E-state index contributed by atoms with van der Waals surface area (Å²) < 4.78 is 5.74. The third kappa shape index (κ3) is 2.55. The first kappa shape index (κ1) is 14.2. The molecule has 0 aliphatic heterocycles. The summed E-state index contributed by atoms with van der Waals surface area (Å²) in [5, 5.41) is 1.32. The number of thiazole rings is 1. The highest BCUT2D eigenvalue weighted by molar-refractivity contribution is 7.15. The summed E-state index contributed by atoms with van der Waals surface area (Å²) in [4.78, 5) is 5.48. The molecule has 0 atom stereocenters. The molecule has 0 amide bonds. The second kappa shape index (κ2) is 5.39. The number of hydrogen-bond acceptors (Lipinski definition) is 4. The Hall–Kier alpha value is -1.26. The van der Waals surface area contributed by atoms with Gasteiger partial charge in [-0.15, -0.1) is 11.3 Å². The van der Waals surface area contributed by atoms with Gasteiger partial charge in [-0.25, -0.2) is 4.98 Å². The summed E-state index contributed by atoms with van der Waals surface area (Å²) in [6.45, 7) is 8.54. The van der Waals surface area contributed by atoms with Crippen molar-refractivity contribution in [3.8, 4) is 17.0 Å². The predicted molar refractivity (Wildman–Crippen MR) is 82.4 cm³/mol. The lowest BCUT2D eigenvalue weighted by atomic mass is 10.0. The van der Waals surface area contributed by atoms with Crippen molar-refractivity contribution in [2.75, 3.05) is 12.3 Å². The van der Waals surface area contributed by atoms with Gasteiger partial charge in [0.05, 0.1) is 12.3 Å². The van der Waals surface area contributed by atoms with Crippen LogP contribution >= 0.6 is 22.9 Å². The van der Waals surface area contributed by atoms with E-state index in [-0.39, 0.29) is 0 Å². The molecule has 0 aliphatic carbocycles. The van der Waals surface area contributed by atoms with Gasteiger partial charge in [-0.1, -0.05) is 11.6 Å². The van der Waals surface area contributed by atoms with E-state index in [0.29, 0.717) is 11.7 Å². The lowest BCUT2D eigenvalue weighted by molar-refractivity contribution is 0.341. The molecule has 0 saturated heterocycles. The van der Waals surface area contributed by atoms with E-state index in [1.54, 1.807) is 0 Å². The van der Waals surface area contributed by atoms with Crippen molar-refractivity contribution in [2.45, 2.75) is 27.7 Å². The number of ether oxygens (including phenoxy) is 1. The fourth-order valence-corrected chi connectivity index (χ4v) is 2.98. The third-order valence-electron chi connectivity index (χ3n) is 2.99. The number of nitrogen functional groups attached to an aromatic ring is 1. The first-order valence-corrected chi connectivity index (χ1v) is 7.30. The van der Waals surface area contributed by atoms with Crippen molar-refractivity contribution in [1.82, 2.24) is 4.98 Å². The molecule has 3 nitrogen and oxygen atoms in total. The molecule has 2 rings (SSSR count). The van der Waals surface area contributed by atoms with Gasteiger partial charge < -0.3 is 10.5 Å². The van der Waals surface area contributed by atoms with Gasteiger partial charge in [0, 0.05) is 15.5 Å². The van der Waals surface area contributed by atoms with Crippen LogP contribution in [0.15, 0.2) is 6.07 Å². The number of rotatable bonds is 3. The fraction of sp³-hybridized carbons (Fsp3) is 0.357. The minimum Gasteiger partial charge on any atom is -0.493 e. The van der Waals surface area contributed by atoms with Gasteiger partial charge in [0.15, 0.2) is 5.13 Å². The Labute approximate surface area is 122 Å². The van der Waals surface area contributed by atoms with E-state index in [4.69, 9.17) is 22.1 Å². The van der Waals surface area contributed by atoms with Crippen LogP contribution in [0.1, 0.15) is 22.9 Å². The molecule has 0 saturated carbocycles. The highest BCUT2D eigenvalue weighted by Crippen LogP contribution is 2.41. The van der Waals surface area contributed by atoms with Crippen LogP contribution < -0.4 is 10.5 Å². The smallest absolute Gasteiger partial charge is 0.180 e. The van der Waals surface area contributed by atoms with Gasteiger partial charge in [0.1, 0.15) is 5.75 Å². The number of anilines is 1. The maximum absolute atomic E-state index is 6.35. The Morgan fingerprint density at radius 3 is 2.58 bits per heavy atom. The molecule has 102 valence electrons. The van der Waals surface area contributed by atoms with Crippen LogP contribution in [0, 0.1) is 20.8 Å². The lowest BCUT2D eigenvalue weighted by Gasteiger charge is -2.15. The molecule has 1 aromatic carbocycles. The summed E-state index contributed by atoms with van der Waals surface area (Å²) in [5.74, 6) is 0.815. The predicted octanol–water partition coefficient (Wildman–Crippen LogP) is 4.37. The third-order valence-corrected chi connectivity index (χ3v) is 4.38. The maximum atomic E-state index is 6.35. The van der Waals surface area contributed by atoms with Gasteiger partial charge in [-0.3, -0.25) is 0 Å². The minimum absolute atomic E-state index is 0.561. The SMILES string of the molecule is CCOc1cc(C)c(Cl)c(C)c1-c1nc(N)sc1C. The number of halogens is 1. The molecule has 0 unspecified atom stereocenters. The molecule has 1 heterocycles. The van der Waals surface area contributed by atoms with Crippen LogP contribution in [0.3, 0.4) is 0 Å². The van der Waals surface area contributed by atoms with Crippen molar-refractivity contribution in [2.24, 2.45) is 0 Å². The van der Waals surface area contributed by atoms with Crippen LogP contribution in [0.5, 0.6) is 5.75 Å². The average Bonchev–Trinajstić information content (AvgIpc) is 2.66. The Balaban J connectivity index is 2.73. The Kier molecular flexibility index (Phi) is 4.02. The molecular weight excluding hydrogens is 280 g/mol. The minimum atomic E-state index is 0.561. The van der Waals surface area contributed by atoms with Crippen LogP contribution in [-0.2, 0) is 0 Å². The summed E-state index contributed by atoms with van der Waals surface area (Å²) in [6.07, 6.45) is 0. The van der Waals surface area contributed by atoms with Crippen LogP contribution in [-0.4, -0.2) is 11.6 Å². The van der Waals surface area contributed by atoms with E-state index in [0.717, 1.165) is 38.0 Å². The summed E-state index contributed by atoms with van der Waals surface area (Å²) in [5.41, 5.74) is 9.60. The monoisotopic (exact) mass is 296 g/mol. The van der Waals surface area contributed by atoms with Crippen LogP contribution in [0.2, 0.25) is 5.02 Å². The largest absolute Gasteiger partial charge is 0.493 e. The van der Waals surface area contributed by atoms with Gasteiger partial charge in [-0.05, 0) is 44.9 Å². The zero-order chi connectivity index (χ0) is 14.2. The molecule has 0 spiro atoms. The van der Waals surface area contributed by atoms with E-state index in [1.807, 2.05) is 33.8 Å². The lowest BCUT2D eigenvalue weighted by Crippen LogP contribution is -1.99.